The van der Waals surface area contributed by atoms with Gasteiger partial charge in [-0.3, -0.25) is 14.8 Å². The third-order valence-electron chi connectivity index (χ3n) is 2.56. The van der Waals surface area contributed by atoms with Crippen molar-refractivity contribution in [3.63, 3.8) is 0 Å². The van der Waals surface area contributed by atoms with Crippen LogP contribution in [0.2, 0.25) is 0 Å². The molecule has 10 heteroatoms. The van der Waals surface area contributed by atoms with Gasteiger partial charge in [0.15, 0.2) is 0 Å². The lowest BCUT2D eigenvalue weighted by molar-refractivity contribution is -0.385. The number of nitro groups is 1. The number of hydrogen-bond donors (Lipinski definition) is 2. The average molecular weight is 323 g/mol. The summed E-state index contributed by atoms with van der Waals surface area (Å²) in [6.07, 6.45) is 2.58. The second-order valence-electron chi connectivity index (χ2n) is 4.22. The minimum absolute atomic E-state index is 0.104. The quantitative estimate of drug-likeness (QED) is 0.579. The van der Waals surface area contributed by atoms with Crippen molar-refractivity contribution in [1.82, 2.24) is 9.97 Å². The maximum Gasteiger partial charge on any atom is 0.287 e. The minimum Gasteiger partial charge on any atom is -0.369 e. The van der Waals surface area contributed by atoms with E-state index in [-0.39, 0.29) is 23.8 Å². The molecule has 0 unspecified atom stereocenters. The van der Waals surface area contributed by atoms with Gasteiger partial charge in [0, 0.05) is 18.8 Å². The van der Waals surface area contributed by atoms with E-state index in [1.807, 2.05) is 0 Å². The van der Waals surface area contributed by atoms with Crippen LogP contribution in [0.15, 0.2) is 42.7 Å². The summed E-state index contributed by atoms with van der Waals surface area (Å²) in [6.45, 7) is 0.104. The van der Waals surface area contributed by atoms with Crippen LogP contribution in [0.25, 0.3) is 0 Å². The Morgan fingerprint density at radius 2 is 1.95 bits per heavy atom. The zero-order chi connectivity index (χ0) is 16.0. The lowest BCUT2D eigenvalue weighted by Gasteiger charge is -2.08. The second kappa shape index (κ2) is 6.80. The van der Waals surface area contributed by atoms with Crippen LogP contribution in [0.3, 0.4) is 0 Å². The molecule has 0 amide bonds. The SMILES string of the molecule is O=[N+]([O-])c1ccc(NCCS(=O)(=O)Nc2ccccn2)nc1. The molecule has 0 saturated carbocycles. The summed E-state index contributed by atoms with van der Waals surface area (Å²) in [6, 6.07) is 7.60. The van der Waals surface area contributed by atoms with Crippen molar-refractivity contribution < 1.29 is 13.3 Å². The van der Waals surface area contributed by atoms with Gasteiger partial charge in [-0.25, -0.2) is 18.4 Å². The van der Waals surface area contributed by atoms with E-state index in [0.29, 0.717) is 5.82 Å². The smallest absolute Gasteiger partial charge is 0.287 e. The van der Waals surface area contributed by atoms with Gasteiger partial charge in [-0.2, -0.15) is 0 Å². The fourth-order valence-electron chi connectivity index (χ4n) is 1.55. The number of hydrogen-bond acceptors (Lipinski definition) is 7. The lowest BCUT2D eigenvalue weighted by Crippen LogP contribution is -2.22. The summed E-state index contributed by atoms with van der Waals surface area (Å²) in [5.74, 6) is 0.414. The lowest BCUT2D eigenvalue weighted by atomic mass is 10.4. The molecule has 0 fully saturated rings. The van der Waals surface area contributed by atoms with Crippen LogP contribution in [0.4, 0.5) is 17.3 Å². The molecule has 0 bridgehead atoms. The monoisotopic (exact) mass is 323 g/mol. The van der Waals surface area contributed by atoms with E-state index in [1.165, 1.54) is 18.3 Å². The molecule has 0 saturated heterocycles. The molecule has 2 rings (SSSR count). The van der Waals surface area contributed by atoms with E-state index in [4.69, 9.17) is 0 Å². The number of pyridine rings is 2. The Bertz CT molecular complexity index is 734. The molecule has 2 aromatic heterocycles. The van der Waals surface area contributed by atoms with Gasteiger partial charge in [-0.05, 0) is 18.2 Å². The first-order valence-electron chi connectivity index (χ1n) is 6.22. The Balaban J connectivity index is 1.86. The highest BCUT2D eigenvalue weighted by Crippen LogP contribution is 2.11. The van der Waals surface area contributed by atoms with Gasteiger partial charge >= 0.3 is 0 Å². The Hall–Kier alpha value is -2.75. The van der Waals surface area contributed by atoms with Crippen molar-refractivity contribution in [3.05, 3.63) is 52.8 Å². The molecular formula is C12H13N5O4S. The third-order valence-corrected chi connectivity index (χ3v) is 3.82. The molecule has 9 nitrogen and oxygen atoms in total. The number of nitrogens with one attached hydrogen (secondary N) is 2. The van der Waals surface area contributed by atoms with Crippen LogP contribution >= 0.6 is 0 Å². The predicted octanol–water partition coefficient (Wildman–Crippen LogP) is 1.24. The van der Waals surface area contributed by atoms with E-state index in [1.54, 1.807) is 18.2 Å². The van der Waals surface area contributed by atoms with E-state index in [2.05, 4.69) is 20.0 Å². The number of aromatic nitrogens is 2. The van der Waals surface area contributed by atoms with Crippen LogP contribution in [0.5, 0.6) is 0 Å². The Kier molecular flexibility index (Phi) is 4.84. The minimum atomic E-state index is -3.54. The van der Waals surface area contributed by atoms with Gasteiger partial charge in [0.25, 0.3) is 5.69 Å². The number of anilines is 2. The Morgan fingerprint density at radius 3 is 2.55 bits per heavy atom. The summed E-state index contributed by atoms with van der Waals surface area (Å²) in [7, 11) is -3.54. The van der Waals surface area contributed by atoms with Gasteiger partial charge in [0.1, 0.15) is 17.8 Å². The molecular weight excluding hydrogens is 310 g/mol. The Morgan fingerprint density at radius 1 is 1.14 bits per heavy atom. The summed E-state index contributed by atoms with van der Waals surface area (Å²) in [5.41, 5.74) is -0.130. The molecule has 0 radical (unpaired) electrons. The molecule has 2 heterocycles. The molecule has 0 aliphatic heterocycles. The summed E-state index contributed by atoms with van der Waals surface area (Å²) >= 11 is 0. The molecule has 0 atom stereocenters. The maximum absolute atomic E-state index is 11.8. The zero-order valence-electron chi connectivity index (χ0n) is 11.3. The second-order valence-corrected chi connectivity index (χ2v) is 6.06. The molecule has 22 heavy (non-hydrogen) atoms. The van der Waals surface area contributed by atoms with E-state index >= 15 is 0 Å². The van der Waals surface area contributed by atoms with E-state index in [0.717, 1.165) is 6.20 Å². The van der Waals surface area contributed by atoms with Gasteiger partial charge < -0.3 is 5.32 Å². The van der Waals surface area contributed by atoms with Crippen LogP contribution in [-0.4, -0.2) is 35.6 Å². The number of rotatable bonds is 7. The van der Waals surface area contributed by atoms with Crippen molar-refractivity contribution in [2.45, 2.75) is 0 Å². The van der Waals surface area contributed by atoms with Gasteiger partial charge in [-0.15, -0.1) is 0 Å². The number of sulfonamides is 1. The van der Waals surface area contributed by atoms with E-state index in [9.17, 15) is 18.5 Å². The van der Waals surface area contributed by atoms with Crippen molar-refractivity contribution in [2.24, 2.45) is 0 Å². The topological polar surface area (TPSA) is 127 Å². The van der Waals surface area contributed by atoms with Crippen molar-refractivity contribution >= 4 is 27.3 Å². The largest absolute Gasteiger partial charge is 0.369 e. The summed E-state index contributed by atoms with van der Waals surface area (Å²) < 4.78 is 26.0. The standard InChI is InChI=1S/C12H13N5O4S/c18-17(19)10-4-5-11(15-9-10)14-7-8-22(20,21)16-12-3-1-2-6-13-12/h1-6,9H,7-8H2,(H,13,16)(H,14,15). The first kappa shape index (κ1) is 15.6. The average Bonchev–Trinajstić information content (AvgIpc) is 2.48. The fraction of sp³-hybridized carbons (Fsp3) is 0.167. The molecule has 2 N–H and O–H groups in total. The van der Waals surface area contributed by atoms with Crippen molar-refractivity contribution in [2.75, 3.05) is 22.3 Å². The highest BCUT2D eigenvalue weighted by Gasteiger charge is 2.11. The maximum atomic E-state index is 11.8. The highest BCUT2D eigenvalue weighted by atomic mass is 32.2. The van der Waals surface area contributed by atoms with Gasteiger partial charge in [0.2, 0.25) is 10.0 Å². The van der Waals surface area contributed by atoms with Crippen molar-refractivity contribution in [1.29, 1.82) is 0 Å². The summed E-state index contributed by atoms with van der Waals surface area (Å²) in [5, 5.41) is 13.3. The highest BCUT2D eigenvalue weighted by molar-refractivity contribution is 7.92. The van der Waals surface area contributed by atoms with Crippen molar-refractivity contribution in [3.8, 4) is 0 Å². The molecule has 116 valence electrons. The van der Waals surface area contributed by atoms with E-state index < -0.39 is 14.9 Å². The van der Waals surface area contributed by atoms with Crippen LogP contribution in [-0.2, 0) is 10.0 Å². The fourth-order valence-corrected chi connectivity index (χ4v) is 2.46. The normalized spacial score (nSPS) is 10.9. The zero-order valence-corrected chi connectivity index (χ0v) is 12.2. The van der Waals surface area contributed by atoms with Gasteiger partial charge in [-0.1, -0.05) is 6.07 Å². The summed E-state index contributed by atoms with van der Waals surface area (Å²) in [4.78, 5) is 17.6. The molecule has 0 aliphatic carbocycles. The molecule has 0 aliphatic rings. The van der Waals surface area contributed by atoms with Crippen LogP contribution in [0.1, 0.15) is 0 Å². The predicted molar refractivity (Wildman–Crippen MR) is 81.0 cm³/mol. The Labute approximate surface area is 126 Å². The van der Waals surface area contributed by atoms with Gasteiger partial charge in [0.05, 0.1) is 10.7 Å². The number of nitrogens with zero attached hydrogens (tertiary/aromatic N) is 3. The molecule has 2 aromatic rings. The molecule has 0 spiro atoms. The third kappa shape index (κ3) is 4.66. The molecule has 0 aromatic carbocycles. The van der Waals surface area contributed by atoms with Crippen LogP contribution in [0, 0.1) is 10.1 Å². The van der Waals surface area contributed by atoms with Crippen LogP contribution < -0.4 is 10.0 Å². The first-order valence-corrected chi connectivity index (χ1v) is 7.87. The first-order chi connectivity index (χ1) is 10.5.